The van der Waals surface area contributed by atoms with Crippen molar-refractivity contribution in [2.75, 3.05) is 110 Å². The Labute approximate surface area is 483 Å². The standard InChI is InChI=1S/C65H72N8O10/c1-72(2)49-22-25-53-57(41-49)83-58-42-50(73(3)4)23-26-54(58)61(53)51-24-19-46(40-55(51)65(77)78)64(76)67-29-31-80-33-35-82-37-36-81-34-32-79-30-27-59(74)66-28-11-5-6-16-60(75)68-47-20-17-43(18-21-47)62-70-56-15-10-9-14-52(56)63(71-62)69-48-38-44-12-7-8-13-45(44)39-48/h7-10,12-15,17-26,40-42,48H,5-6,11,16,27-39H2,1-4H3,(H4-,66,67,68,69,70,71,74,75,76,77,78)/p+1. The number of rotatable bonds is 29. The number of ether oxygens (including phenoxy) is 4. The molecule has 5 aromatic carbocycles. The van der Waals surface area contributed by atoms with Crippen molar-refractivity contribution >= 4 is 62.8 Å². The van der Waals surface area contributed by atoms with Gasteiger partial charge in [-0.2, -0.15) is 0 Å². The largest absolute Gasteiger partial charge is 0.478 e. The van der Waals surface area contributed by atoms with Gasteiger partial charge in [0.1, 0.15) is 31.3 Å². The molecule has 2 heterocycles. The number of amides is 3. The average Bonchev–Trinajstić information content (AvgIpc) is 4.07. The molecule has 6 aromatic rings. The van der Waals surface area contributed by atoms with Crippen LogP contribution in [0.2, 0.25) is 0 Å². The Morgan fingerprint density at radius 1 is 0.651 bits per heavy atom. The van der Waals surface area contributed by atoms with Gasteiger partial charge >= 0.3 is 5.97 Å². The highest BCUT2D eigenvalue weighted by atomic mass is 16.6. The number of hydrogen-bond donors (Lipinski definition) is 5. The van der Waals surface area contributed by atoms with Crippen molar-refractivity contribution in [1.82, 2.24) is 25.2 Å². The second-order valence-electron chi connectivity index (χ2n) is 20.9. The van der Waals surface area contributed by atoms with Crippen LogP contribution < -0.4 is 36.1 Å². The number of nitrogens with zero attached hydrogens (tertiary/aromatic N) is 4. The highest BCUT2D eigenvalue weighted by molar-refractivity contribution is 6.09. The Kier molecular flexibility index (Phi) is 20.6. The molecule has 0 unspecified atom stereocenters. The Bertz CT molecular complexity index is 3570. The molecule has 9 rings (SSSR count). The third kappa shape index (κ3) is 15.9. The second kappa shape index (κ2) is 28.9. The van der Waals surface area contributed by atoms with Gasteiger partial charge in [-0.3, -0.25) is 14.4 Å². The number of hydrogen-bond acceptors (Lipinski definition) is 13. The Balaban J connectivity index is 0.582. The molecule has 5 N–H and O–H groups in total. The minimum absolute atomic E-state index is 0.00610. The number of carbonyl (C=O) groups excluding carboxylic acids is 3. The first-order chi connectivity index (χ1) is 40.4. The zero-order valence-corrected chi connectivity index (χ0v) is 47.6. The molecule has 0 saturated carbocycles. The fourth-order valence-corrected chi connectivity index (χ4v) is 10.1. The molecule has 0 radical (unpaired) electrons. The highest BCUT2D eigenvalue weighted by Gasteiger charge is 2.25. The summed E-state index contributed by atoms with van der Waals surface area (Å²) in [6.07, 6.45) is 4.80. The molecule has 0 atom stereocenters. The van der Waals surface area contributed by atoms with Gasteiger partial charge in [0, 0.05) is 103 Å². The fourth-order valence-electron chi connectivity index (χ4n) is 10.1. The van der Waals surface area contributed by atoms with E-state index >= 15 is 0 Å². The minimum atomic E-state index is -1.16. The van der Waals surface area contributed by atoms with E-state index < -0.39 is 11.9 Å². The van der Waals surface area contributed by atoms with Crippen LogP contribution in [0.3, 0.4) is 0 Å². The van der Waals surface area contributed by atoms with Crippen molar-refractivity contribution in [2.45, 2.75) is 51.0 Å². The normalized spacial score (nSPS) is 12.1. The summed E-state index contributed by atoms with van der Waals surface area (Å²) in [5, 5.41) is 25.5. The third-order valence-corrected chi connectivity index (χ3v) is 14.4. The molecule has 18 nitrogen and oxygen atoms in total. The number of carbonyl (C=O) groups is 4. The van der Waals surface area contributed by atoms with E-state index in [0.29, 0.717) is 93.0 Å². The molecule has 1 aliphatic heterocycles. The van der Waals surface area contributed by atoms with E-state index in [-0.39, 0.29) is 55.2 Å². The number of aromatic nitrogens is 2. The summed E-state index contributed by atoms with van der Waals surface area (Å²) in [4.78, 5) is 62.8. The molecule has 0 fully saturated rings. The molecule has 432 valence electrons. The number of aromatic carboxylic acids is 1. The van der Waals surface area contributed by atoms with Crippen LogP contribution in [-0.4, -0.2) is 139 Å². The molecular formula is C65H73N8O10+. The van der Waals surface area contributed by atoms with Crippen molar-refractivity contribution in [3.05, 3.63) is 155 Å². The SMILES string of the molecule is CN(C)c1ccc2c(-c3ccc(C(=O)NCCOCCOCCOCCOCCC(=O)NCCCCCC(=O)Nc4ccc(-c5nc(NC6Cc7ccccc7C6)c6ccccc6n5)cc4)cc3C(=O)O)c3ccc(=[N+](C)C)cc-3oc2c1. The van der Waals surface area contributed by atoms with Gasteiger partial charge in [0.05, 0.1) is 70.0 Å². The Morgan fingerprint density at radius 2 is 1.34 bits per heavy atom. The Morgan fingerprint density at radius 3 is 2.05 bits per heavy atom. The third-order valence-electron chi connectivity index (χ3n) is 14.4. The monoisotopic (exact) mass is 1130 g/mol. The van der Waals surface area contributed by atoms with Gasteiger partial charge in [-0.15, -0.1) is 0 Å². The smallest absolute Gasteiger partial charge is 0.336 e. The lowest BCUT2D eigenvalue weighted by Crippen LogP contribution is -2.28. The zero-order valence-electron chi connectivity index (χ0n) is 47.6. The quantitative estimate of drug-likeness (QED) is 0.0168. The predicted molar refractivity (Wildman–Crippen MR) is 323 cm³/mol. The molecule has 3 amide bonds. The zero-order chi connectivity index (χ0) is 58.1. The molecule has 18 heteroatoms. The number of fused-ring (bicyclic) bond motifs is 4. The number of carboxylic acid groups (broad SMARTS) is 1. The van der Waals surface area contributed by atoms with Gasteiger partial charge in [0.15, 0.2) is 5.82 Å². The van der Waals surface area contributed by atoms with Crippen molar-refractivity contribution in [2.24, 2.45) is 0 Å². The lowest BCUT2D eigenvalue weighted by molar-refractivity contribution is -0.122. The van der Waals surface area contributed by atoms with Crippen LogP contribution in [0.1, 0.15) is 63.9 Å². The van der Waals surface area contributed by atoms with E-state index in [2.05, 4.69) is 45.5 Å². The number of carboxylic acids is 1. The number of benzene rings is 6. The van der Waals surface area contributed by atoms with E-state index in [1.807, 2.05) is 123 Å². The maximum Gasteiger partial charge on any atom is 0.336 e. The first-order valence-corrected chi connectivity index (χ1v) is 28.3. The van der Waals surface area contributed by atoms with Gasteiger partial charge < -0.3 is 54.6 Å². The van der Waals surface area contributed by atoms with Gasteiger partial charge in [-0.1, -0.05) is 48.9 Å². The van der Waals surface area contributed by atoms with Crippen molar-refractivity contribution in [3.63, 3.8) is 0 Å². The van der Waals surface area contributed by atoms with E-state index in [9.17, 15) is 24.3 Å². The van der Waals surface area contributed by atoms with Gasteiger partial charge in [0.2, 0.25) is 17.2 Å². The average molecular weight is 1130 g/mol. The summed E-state index contributed by atoms with van der Waals surface area (Å²) >= 11 is 0. The van der Waals surface area contributed by atoms with E-state index in [4.69, 9.17) is 33.3 Å². The van der Waals surface area contributed by atoms with Gasteiger partial charge in [-0.05, 0) is 109 Å². The lowest BCUT2D eigenvalue weighted by atomic mass is 9.89. The van der Waals surface area contributed by atoms with E-state index in [1.54, 1.807) is 12.1 Å². The maximum absolute atomic E-state index is 13.2. The molecular weight excluding hydrogens is 1050 g/mol. The lowest BCUT2D eigenvalue weighted by Gasteiger charge is -2.19. The topological polar surface area (TPSA) is 219 Å². The number of unbranched alkanes of at least 4 members (excludes halogenated alkanes) is 2. The summed E-state index contributed by atoms with van der Waals surface area (Å²) in [6, 6.07) is 40.9. The molecule has 3 aliphatic rings. The highest BCUT2D eigenvalue weighted by Crippen LogP contribution is 2.42. The Hall–Kier alpha value is -8.55. The summed E-state index contributed by atoms with van der Waals surface area (Å²) in [5.41, 5.74) is 8.86. The number of anilines is 3. The number of nitrogens with one attached hydrogen (secondary N) is 4. The van der Waals surface area contributed by atoms with Crippen LogP contribution in [-0.2, 0) is 41.4 Å². The summed E-state index contributed by atoms with van der Waals surface area (Å²) in [5.74, 6) is 0.319. The first-order valence-electron chi connectivity index (χ1n) is 28.3. The molecule has 0 spiro atoms. The molecule has 2 aliphatic carbocycles. The van der Waals surface area contributed by atoms with Crippen LogP contribution in [0, 0.1) is 0 Å². The summed E-state index contributed by atoms with van der Waals surface area (Å²) in [6.45, 7) is 3.34. The summed E-state index contributed by atoms with van der Waals surface area (Å²) in [7, 11) is 7.77. The van der Waals surface area contributed by atoms with Gasteiger partial charge in [0.25, 0.3) is 5.91 Å². The molecule has 1 aromatic heterocycles. The van der Waals surface area contributed by atoms with Gasteiger partial charge in [-0.25, -0.2) is 19.3 Å². The van der Waals surface area contributed by atoms with E-state index in [1.165, 1.54) is 17.2 Å². The van der Waals surface area contributed by atoms with Crippen molar-refractivity contribution in [1.29, 1.82) is 0 Å². The minimum Gasteiger partial charge on any atom is -0.478 e. The van der Waals surface area contributed by atoms with Crippen molar-refractivity contribution < 1.29 is 47.6 Å². The van der Waals surface area contributed by atoms with Crippen LogP contribution in [0.15, 0.2) is 132 Å². The predicted octanol–water partition coefficient (Wildman–Crippen LogP) is 8.69. The molecule has 0 saturated heterocycles. The molecule has 0 bridgehead atoms. The van der Waals surface area contributed by atoms with Crippen LogP contribution in [0.4, 0.5) is 17.2 Å². The van der Waals surface area contributed by atoms with Crippen molar-refractivity contribution in [3.8, 4) is 33.8 Å². The van der Waals surface area contributed by atoms with Crippen LogP contribution in [0.5, 0.6) is 0 Å². The first kappa shape index (κ1) is 59.1. The summed E-state index contributed by atoms with van der Waals surface area (Å²) < 4.78 is 30.7. The second-order valence-corrected chi connectivity index (χ2v) is 20.9. The van der Waals surface area contributed by atoms with E-state index in [0.717, 1.165) is 70.0 Å². The number of para-hydroxylation sites is 1. The maximum atomic E-state index is 13.2. The van der Waals surface area contributed by atoms with Crippen LogP contribution >= 0.6 is 0 Å². The fraction of sp³-hybridized carbons (Fsp3) is 0.338. The molecule has 83 heavy (non-hydrogen) atoms. The van der Waals surface area contributed by atoms with Crippen LogP contribution in [0.25, 0.3) is 55.7 Å².